The maximum Gasteiger partial charge on any atom is 0.234 e. The molecule has 0 aliphatic heterocycles. The molecule has 5 nitrogen and oxygen atoms in total. The number of rotatable bonds is 9. The minimum absolute atomic E-state index is 0.0257. The fourth-order valence-electron chi connectivity index (χ4n) is 3.05. The highest BCUT2D eigenvalue weighted by Gasteiger charge is 2.13. The summed E-state index contributed by atoms with van der Waals surface area (Å²) in [6, 6.07) is 14.7. The van der Waals surface area contributed by atoms with E-state index in [1.807, 2.05) is 42.4 Å². The maximum atomic E-state index is 12.5. The van der Waals surface area contributed by atoms with Gasteiger partial charge < -0.3 is 9.88 Å². The Kier molecular flexibility index (Phi) is 7.99. The van der Waals surface area contributed by atoms with E-state index in [1.54, 1.807) is 0 Å². The van der Waals surface area contributed by atoms with Gasteiger partial charge in [-0.25, -0.2) is 0 Å². The molecule has 30 heavy (non-hydrogen) atoms. The second-order valence-corrected chi connectivity index (χ2v) is 9.16. The topological polar surface area (TPSA) is 59.8 Å². The number of benzene rings is 2. The van der Waals surface area contributed by atoms with Gasteiger partial charge >= 0.3 is 0 Å². The lowest BCUT2D eigenvalue weighted by Gasteiger charge is -2.12. The average molecular weight is 441 g/mol. The standard InChI is InChI=1S/C23H28N4OS2/c1-5-19-8-6-7-17(3)22(19)24-21(28)15-30-23-26-25-20(27(23)4)14-29-13-18-11-9-16(2)10-12-18/h6-12H,5,13-15H2,1-4H3,(H,24,28). The van der Waals surface area contributed by atoms with Gasteiger partial charge in [0.15, 0.2) is 5.16 Å². The molecule has 0 radical (unpaired) electrons. The highest BCUT2D eigenvalue weighted by molar-refractivity contribution is 7.99. The predicted molar refractivity (Wildman–Crippen MR) is 127 cm³/mol. The number of amides is 1. The number of hydrogen-bond donors (Lipinski definition) is 1. The van der Waals surface area contributed by atoms with Crippen LogP contribution in [-0.4, -0.2) is 26.4 Å². The van der Waals surface area contributed by atoms with Crippen LogP contribution in [0.5, 0.6) is 0 Å². The van der Waals surface area contributed by atoms with Crippen molar-refractivity contribution in [2.24, 2.45) is 7.05 Å². The number of nitrogens with one attached hydrogen (secondary N) is 1. The average Bonchev–Trinajstić information content (AvgIpc) is 3.09. The molecule has 1 heterocycles. The van der Waals surface area contributed by atoms with E-state index >= 15 is 0 Å². The third-order valence-corrected chi connectivity index (χ3v) is 6.90. The van der Waals surface area contributed by atoms with Crippen LogP contribution in [0.15, 0.2) is 47.6 Å². The monoisotopic (exact) mass is 440 g/mol. The molecular weight excluding hydrogens is 412 g/mol. The van der Waals surface area contributed by atoms with Crippen molar-refractivity contribution in [3.05, 3.63) is 70.5 Å². The second-order valence-electron chi connectivity index (χ2n) is 7.24. The number of carbonyl (C=O) groups is 1. The first kappa shape index (κ1) is 22.4. The lowest BCUT2D eigenvalue weighted by atomic mass is 10.1. The molecule has 0 atom stereocenters. The van der Waals surface area contributed by atoms with Gasteiger partial charge in [-0.15, -0.1) is 22.0 Å². The fraction of sp³-hybridized carbons (Fsp3) is 0.348. The smallest absolute Gasteiger partial charge is 0.234 e. The molecule has 0 aliphatic carbocycles. The van der Waals surface area contributed by atoms with Gasteiger partial charge in [0, 0.05) is 18.5 Å². The second kappa shape index (κ2) is 10.7. The van der Waals surface area contributed by atoms with Crippen LogP contribution in [-0.2, 0) is 29.8 Å². The quantitative estimate of drug-likeness (QED) is 0.466. The van der Waals surface area contributed by atoms with Crippen molar-refractivity contribution in [1.82, 2.24) is 14.8 Å². The molecule has 0 saturated heterocycles. The number of anilines is 1. The number of carbonyl (C=O) groups excluding carboxylic acids is 1. The summed E-state index contributed by atoms with van der Waals surface area (Å²) in [5, 5.41) is 12.4. The van der Waals surface area contributed by atoms with E-state index < -0.39 is 0 Å². The summed E-state index contributed by atoms with van der Waals surface area (Å²) in [5.41, 5.74) is 5.74. The highest BCUT2D eigenvalue weighted by Crippen LogP contribution is 2.23. The summed E-state index contributed by atoms with van der Waals surface area (Å²) in [7, 11) is 1.96. The Morgan fingerprint density at radius 2 is 1.83 bits per heavy atom. The van der Waals surface area contributed by atoms with Crippen LogP contribution in [0, 0.1) is 13.8 Å². The third-order valence-electron chi connectivity index (χ3n) is 4.88. The first-order chi connectivity index (χ1) is 14.5. The van der Waals surface area contributed by atoms with E-state index in [2.05, 4.69) is 59.7 Å². The van der Waals surface area contributed by atoms with Gasteiger partial charge in [-0.2, -0.15) is 0 Å². The van der Waals surface area contributed by atoms with Crippen molar-refractivity contribution >= 4 is 35.1 Å². The summed E-state index contributed by atoms with van der Waals surface area (Å²) in [6.45, 7) is 6.21. The summed E-state index contributed by atoms with van der Waals surface area (Å²) in [6.07, 6.45) is 0.886. The van der Waals surface area contributed by atoms with Crippen LogP contribution in [0.1, 0.15) is 35.0 Å². The van der Waals surface area contributed by atoms with Crippen LogP contribution in [0.4, 0.5) is 5.69 Å². The Hall–Kier alpha value is -2.25. The van der Waals surface area contributed by atoms with E-state index in [1.165, 1.54) is 22.9 Å². The van der Waals surface area contributed by atoms with Crippen molar-refractivity contribution in [3.63, 3.8) is 0 Å². The minimum atomic E-state index is -0.0257. The lowest BCUT2D eigenvalue weighted by Crippen LogP contribution is -2.16. The Bertz CT molecular complexity index is 999. The van der Waals surface area contributed by atoms with Crippen molar-refractivity contribution in [2.75, 3.05) is 11.1 Å². The number of hydrogen-bond acceptors (Lipinski definition) is 5. The molecule has 1 aromatic heterocycles. The molecule has 3 rings (SSSR count). The Balaban J connectivity index is 1.51. The van der Waals surface area contributed by atoms with E-state index in [4.69, 9.17) is 0 Å². The molecule has 0 spiro atoms. The van der Waals surface area contributed by atoms with Crippen molar-refractivity contribution in [2.45, 2.75) is 43.9 Å². The van der Waals surface area contributed by atoms with Crippen LogP contribution in [0.2, 0.25) is 0 Å². The zero-order valence-electron chi connectivity index (χ0n) is 17.9. The van der Waals surface area contributed by atoms with Crippen LogP contribution >= 0.6 is 23.5 Å². The van der Waals surface area contributed by atoms with Gasteiger partial charge in [0.1, 0.15) is 5.82 Å². The van der Waals surface area contributed by atoms with Gasteiger partial charge in [0.2, 0.25) is 5.91 Å². The molecule has 7 heteroatoms. The largest absolute Gasteiger partial charge is 0.325 e. The van der Waals surface area contributed by atoms with E-state index in [9.17, 15) is 4.79 Å². The Labute approximate surface area is 187 Å². The summed E-state index contributed by atoms with van der Waals surface area (Å²) in [5.74, 6) is 2.92. The predicted octanol–water partition coefficient (Wildman–Crippen LogP) is 5.16. The van der Waals surface area contributed by atoms with Crippen molar-refractivity contribution in [1.29, 1.82) is 0 Å². The maximum absolute atomic E-state index is 12.5. The van der Waals surface area contributed by atoms with Crippen LogP contribution in [0.3, 0.4) is 0 Å². The highest BCUT2D eigenvalue weighted by atomic mass is 32.2. The molecule has 3 aromatic rings. The Morgan fingerprint density at radius 1 is 1.07 bits per heavy atom. The van der Waals surface area contributed by atoms with Gasteiger partial charge in [-0.05, 0) is 37.0 Å². The summed E-state index contributed by atoms with van der Waals surface area (Å²) in [4.78, 5) is 12.5. The molecule has 0 unspecified atom stereocenters. The lowest BCUT2D eigenvalue weighted by molar-refractivity contribution is -0.113. The first-order valence-electron chi connectivity index (χ1n) is 10.0. The number of aryl methyl sites for hydroxylation is 3. The van der Waals surface area contributed by atoms with Crippen LogP contribution < -0.4 is 5.32 Å². The zero-order valence-corrected chi connectivity index (χ0v) is 19.6. The molecule has 0 aliphatic rings. The molecule has 1 amide bonds. The Morgan fingerprint density at radius 3 is 2.57 bits per heavy atom. The molecule has 1 N–H and O–H groups in total. The van der Waals surface area contributed by atoms with Crippen LogP contribution in [0.25, 0.3) is 0 Å². The fourth-order valence-corrected chi connectivity index (χ4v) is 4.74. The summed E-state index contributed by atoms with van der Waals surface area (Å²) < 4.78 is 1.98. The normalized spacial score (nSPS) is 10.9. The van der Waals surface area contributed by atoms with E-state index in [0.717, 1.165) is 45.7 Å². The molecule has 0 fully saturated rings. The zero-order chi connectivity index (χ0) is 21.5. The number of thioether (sulfide) groups is 2. The van der Waals surface area contributed by atoms with Crippen molar-refractivity contribution in [3.8, 4) is 0 Å². The minimum Gasteiger partial charge on any atom is -0.325 e. The SMILES string of the molecule is CCc1cccc(C)c1NC(=O)CSc1nnc(CSCc2ccc(C)cc2)n1C. The number of nitrogens with zero attached hydrogens (tertiary/aromatic N) is 3. The molecule has 2 aromatic carbocycles. The number of aromatic nitrogens is 3. The van der Waals surface area contributed by atoms with Crippen molar-refractivity contribution < 1.29 is 4.79 Å². The summed E-state index contributed by atoms with van der Waals surface area (Å²) >= 11 is 3.23. The first-order valence-corrected chi connectivity index (χ1v) is 12.1. The molecule has 0 bridgehead atoms. The molecule has 0 saturated carbocycles. The molecular formula is C23H28N4OS2. The van der Waals surface area contributed by atoms with Gasteiger partial charge in [0.25, 0.3) is 0 Å². The molecule has 158 valence electrons. The van der Waals surface area contributed by atoms with E-state index in [-0.39, 0.29) is 5.91 Å². The third kappa shape index (κ3) is 5.89. The van der Waals surface area contributed by atoms with Gasteiger partial charge in [0.05, 0.1) is 11.5 Å². The van der Waals surface area contributed by atoms with Gasteiger partial charge in [-0.3, -0.25) is 4.79 Å². The van der Waals surface area contributed by atoms with E-state index in [0.29, 0.717) is 5.75 Å². The van der Waals surface area contributed by atoms with Gasteiger partial charge in [-0.1, -0.05) is 66.7 Å². The number of para-hydroxylation sites is 1.